The van der Waals surface area contributed by atoms with Crippen molar-refractivity contribution in [3.8, 4) is 6.07 Å². The lowest BCUT2D eigenvalue weighted by molar-refractivity contribution is -0.138. The van der Waals surface area contributed by atoms with Crippen molar-refractivity contribution in [1.82, 2.24) is 4.90 Å². The van der Waals surface area contributed by atoms with E-state index in [-0.39, 0.29) is 26.1 Å². The molecule has 0 saturated carbocycles. The molecule has 0 spiro atoms. The first-order valence-corrected chi connectivity index (χ1v) is 4.84. The van der Waals surface area contributed by atoms with Crippen molar-refractivity contribution in [3.63, 3.8) is 0 Å². The zero-order valence-corrected chi connectivity index (χ0v) is 8.74. The maximum absolute atomic E-state index is 12.0. The number of aliphatic hydroxyl groups is 2. The highest BCUT2D eigenvalue weighted by atomic mass is 19.4. The maximum atomic E-state index is 12.0. The molecular weight excluding hydrogens is 225 g/mol. The summed E-state index contributed by atoms with van der Waals surface area (Å²) in [6, 6.07) is 1.82. The number of alkyl halides is 3. The van der Waals surface area contributed by atoms with Crippen molar-refractivity contribution in [2.24, 2.45) is 0 Å². The van der Waals surface area contributed by atoms with E-state index >= 15 is 0 Å². The van der Waals surface area contributed by atoms with Gasteiger partial charge in [-0.15, -0.1) is 0 Å². The van der Waals surface area contributed by atoms with E-state index in [2.05, 4.69) is 0 Å². The van der Waals surface area contributed by atoms with Gasteiger partial charge >= 0.3 is 6.18 Å². The summed E-state index contributed by atoms with van der Waals surface area (Å²) in [4.78, 5) is 1.32. The van der Waals surface area contributed by atoms with E-state index in [9.17, 15) is 13.2 Å². The second kappa shape index (κ2) is 7.44. The van der Waals surface area contributed by atoms with Gasteiger partial charge in [-0.05, 0) is 0 Å². The molecule has 0 saturated heterocycles. The molecule has 94 valence electrons. The van der Waals surface area contributed by atoms with Gasteiger partial charge in [0.1, 0.15) is 0 Å². The number of halogens is 3. The van der Waals surface area contributed by atoms with Crippen molar-refractivity contribution in [2.75, 3.05) is 26.2 Å². The smallest absolute Gasteiger partial charge is 0.390 e. The van der Waals surface area contributed by atoms with Crippen LogP contribution in [-0.4, -0.2) is 53.6 Å². The summed E-state index contributed by atoms with van der Waals surface area (Å²) in [6.45, 7) is -0.685. The van der Waals surface area contributed by atoms with Crippen LogP contribution in [0.1, 0.15) is 12.8 Å². The van der Waals surface area contributed by atoms with Crippen molar-refractivity contribution >= 4 is 0 Å². The largest absolute Gasteiger partial charge is 0.394 e. The fourth-order valence-electron chi connectivity index (χ4n) is 1.14. The van der Waals surface area contributed by atoms with E-state index in [1.54, 1.807) is 0 Å². The molecule has 0 bridgehead atoms. The Kier molecular flexibility index (Phi) is 7.05. The molecule has 0 heterocycles. The fraction of sp³-hybridized carbons (Fsp3) is 0.889. The number of hydrogen-bond donors (Lipinski definition) is 2. The van der Waals surface area contributed by atoms with Crippen molar-refractivity contribution in [3.05, 3.63) is 0 Å². The van der Waals surface area contributed by atoms with Crippen LogP contribution in [0.4, 0.5) is 13.2 Å². The standard InChI is InChI=1S/C9H15F3N2O2/c10-9(11,12)2-5-14(4-1-3-13)6-8(16)7-15/h8,15-16H,1-2,4-7H2/t8-/m0/s1. The Labute approximate surface area is 91.9 Å². The van der Waals surface area contributed by atoms with Gasteiger partial charge in [-0.3, -0.25) is 4.90 Å². The monoisotopic (exact) mass is 240 g/mol. The van der Waals surface area contributed by atoms with Gasteiger partial charge in [0.15, 0.2) is 0 Å². The van der Waals surface area contributed by atoms with Crippen LogP contribution in [-0.2, 0) is 0 Å². The first kappa shape index (κ1) is 15.2. The zero-order chi connectivity index (χ0) is 12.6. The van der Waals surface area contributed by atoms with Crippen LogP contribution in [0.5, 0.6) is 0 Å². The normalized spacial score (nSPS) is 13.8. The van der Waals surface area contributed by atoms with Crippen molar-refractivity contribution in [1.29, 1.82) is 5.26 Å². The van der Waals surface area contributed by atoms with Crippen LogP contribution in [0, 0.1) is 11.3 Å². The van der Waals surface area contributed by atoms with Crippen LogP contribution >= 0.6 is 0 Å². The average Bonchev–Trinajstić information content (AvgIpc) is 2.20. The van der Waals surface area contributed by atoms with E-state index in [1.807, 2.05) is 6.07 Å². The molecule has 0 radical (unpaired) electrons. The highest BCUT2D eigenvalue weighted by molar-refractivity contribution is 4.74. The number of hydrogen-bond acceptors (Lipinski definition) is 4. The van der Waals surface area contributed by atoms with Crippen LogP contribution in [0.25, 0.3) is 0 Å². The Bertz CT molecular complexity index is 228. The van der Waals surface area contributed by atoms with Crippen molar-refractivity contribution in [2.45, 2.75) is 25.1 Å². The molecule has 7 heteroatoms. The topological polar surface area (TPSA) is 67.5 Å². The molecule has 0 aliphatic rings. The first-order chi connectivity index (χ1) is 7.39. The molecule has 0 unspecified atom stereocenters. The molecule has 0 aromatic carbocycles. The molecule has 1 atom stereocenters. The number of rotatable bonds is 7. The van der Waals surface area contributed by atoms with Gasteiger partial charge in [-0.1, -0.05) is 0 Å². The Morgan fingerprint density at radius 2 is 1.94 bits per heavy atom. The van der Waals surface area contributed by atoms with Gasteiger partial charge in [0.2, 0.25) is 0 Å². The van der Waals surface area contributed by atoms with E-state index in [4.69, 9.17) is 15.5 Å². The lowest BCUT2D eigenvalue weighted by Crippen LogP contribution is -2.37. The second-order valence-electron chi connectivity index (χ2n) is 3.41. The molecule has 4 nitrogen and oxygen atoms in total. The van der Waals surface area contributed by atoms with Gasteiger partial charge in [-0.2, -0.15) is 18.4 Å². The molecule has 0 rings (SSSR count). The third-order valence-electron chi connectivity index (χ3n) is 1.93. The summed E-state index contributed by atoms with van der Waals surface area (Å²) in [5, 5.41) is 26.0. The SMILES string of the molecule is N#CCCN(CCC(F)(F)F)C[C@H](O)CO. The highest BCUT2D eigenvalue weighted by Gasteiger charge is 2.28. The minimum atomic E-state index is -4.25. The zero-order valence-electron chi connectivity index (χ0n) is 8.74. The fourth-order valence-corrected chi connectivity index (χ4v) is 1.14. The lowest BCUT2D eigenvalue weighted by atomic mass is 10.3. The van der Waals surface area contributed by atoms with Crippen LogP contribution in [0.3, 0.4) is 0 Å². The Balaban J connectivity index is 4.05. The lowest BCUT2D eigenvalue weighted by Gasteiger charge is -2.23. The van der Waals surface area contributed by atoms with Crippen LogP contribution in [0.15, 0.2) is 0 Å². The summed E-state index contributed by atoms with van der Waals surface area (Å²) in [7, 11) is 0. The average molecular weight is 240 g/mol. The summed E-state index contributed by atoms with van der Waals surface area (Å²) >= 11 is 0. The molecule has 0 aliphatic carbocycles. The quantitative estimate of drug-likeness (QED) is 0.680. The van der Waals surface area contributed by atoms with Crippen LogP contribution in [0.2, 0.25) is 0 Å². The Morgan fingerprint density at radius 3 is 2.38 bits per heavy atom. The molecule has 2 N–H and O–H groups in total. The first-order valence-electron chi connectivity index (χ1n) is 4.84. The number of aliphatic hydroxyl groups excluding tert-OH is 2. The van der Waals surface area contributed by atoms with Gasteiger partial charge < -0.3 is 10.2 Å². The van der Waals surface area contributed by atoms with E-state index in [0.29, 0.717) is 0 Å². The van der Waals surface area contributed by atoms with Gasteiger partial charge in [-0.25, -0.2) is 0 Å². The Hall–Kier alpha value is -0.840. The number of nitrogens with zero attached hydrogens (tertiary/aromatic N) is 2. The summed E-state index contributed by atoms with van der Waals surface area (Å²) in [6.07, 6.45) is -6.23. The minimum absolute atomic E-state index is 0.0613. The van der Waals surface area contributed by atoms with Gasteiger partial charge in [0.05, 0.1) is 25.2 Å². The summed E-state index contributed by atoms with van der Waals surface area (Å²) in [5.41, 5.74) is 0. The number of nitriles is 1. The van der Waals surface area contributed by atoms with E-state index in [1.165, 1.54) is 4.90 Å². The molecule has 0 aromatic heterocycles. The highest BCUT2D eigenvalue weighted by Crippen LogP contribution is 2.19. The van der Waals surface area contributed by atoms with Gasteiger partial charge in [0.25, 0.3) is 0 Å². The van der Waals surface area contributed by atoms with Crippen LogP contribution < -0.4 is 0 Å². The maximum Gasteiger partial charge on any atom is 0.390 e. The third-order valence-corrected chi connectivity index (χ3v) is 1.93. The summed E-state index contributed by atoms with van der Waals surface area (Å²) < 4.78 is 35.9. The minimum Gasteiger partial charge on any atom is -0.394 e. The molecule has 0 fully saturated rings. The summed E-state index contributed by atoms with van der Waals surface area (Å²) in [5.74, 6) is 0. The molecule has 0 aromatic rings. The van der Waals surface area contributed by atoms with E-state index < -0.39 is 25.3 Å². The van der Waals surface area contributed by atoms with Crippen molar-refractivity contribution < 1.29 is 23.4 Å². The third kappa shape index (κ3) is 8.47. The molecule has 0 amide bonds. The molecule has 0 aliphatic heterocycles. The van der Waals surface area contributed by atoms with E-state index in [0.717, 1.165) is 0 Å². The molecule has 16 heavy (non-hydrogen) atoms. The predicted molar refractivity (Wildman–Crippen MR) is 50.4 cm³/mol. The second-order valence-corrected chi connectivity index (χ2v) is 3.41. The van der Waals surface area contributed by atoms with Gasteiger partial charge in [0, 0.05) is 26.1 Å². The predicted octanol–water partition coefficient (Wildman–Crippen LogP) is 0.508. The molecular formula is C9H15F3N2O2. The Morgan fingerprint density at radius 1 is 1.31 bits per heavy atom.